The van der Waals surface area contributed by atoms with Gasteiger partial charge in [-0.1, -0.05) is 27.2 Å². The van der Waals surface area contributed by atoms with Crippen LogP contribution < -0.4 is 10.6 Å². The summed E-state index contributed by atoms with van der Waals surface area (Å²) in [7, 11) is 0. The molecule has 0 aliphatic rings. The Kier molecular flexibility index (Phi) is 7.91. The normalized spacial score (nSPS) is 12.0. The van der Waals surface area contributed by atoms with Crippen molar-refractivity contribution in [1.29, 1.82) is 0 Å². The Balaban J connectivity index is 2.55. The second-order valence-corrected chi connectivity index (χ2v) is 7.47. The average Bonchev–Trinajstić information content (AvgIpc) is 2.85. The van der Waals surface area contributed by atoms with E-state index >= 15 is 0 Å². The molecule has 1 aromatic heterocycles. The van der Waals surface area contributed by atoms with Crippen LogP contribution in [-0.2, 0) is 16.0 Å². The number of carboxylic acids is 1. The monoisotopic (exact) mass is 354 g/mol. The summed E-state index contributed by atoms with van der Waals surface area (Å²) in [6.07, 6.45) is 2.28. The zero-order chi connectivity index (χ0) is 18.3. The highest BCUT2D eigenvalue weighted by Crippen LogP contribution is 2.22. The molecule has 0 aromatic carbocycles. The minimum absolute atomic E-state index is 0.145. The van der Waals surface area contributed by atoms with Gasteiger partial charge in [0.05, 0.1) is 11.4 Å². The van der Waals surface area contributed by atoms with Gasteiger partial charge in [-0.2, -0.15) is 0 Å². The van der Waals surface area contributed by atoms with Crippen molar-refractivity contribution in [3.8, 4) is 0 Å². The first kappa shape index (κ1) is 20.2. The number of rotatable bonds is 9. The molecule has 134 valence electrons. The predicted molar refractivity (Wildman–Crippen MR) is 94.4 cm³/mol. The van der Waals surface area contributed by atoms with E-state index in [-0.39, 0.29) is 18.4 Å². The quantitative estimate of drug-likeness (QED) is 0.634. The van der Waals surface area contributed by atoms with E-state index in [0.29, 0.717) is 11.3 Å². The van der Waals surface area contributed by atoms with Crippen LogP contribution in [0.5, 0.6) is 0 Å². The SMILES string of the molecule is CCCc1cc(C(=O)NCC(=O)N[C@@H](CC(C)C)C(=O)O)sc1C. The third-order valence-electron chi connectivity index (χ3n) is 3.51. The van der Waals surface area contributed by atoms with Crippen molar-refractivity contribution in [1.82, 2.24) is 10.6 Å². The Morgan fingerprint density at radius 3 is 2.50 bits per heavy atom. The molecular formula is C17H26N2O4S. The molecule has 0 spiro atoms. The van der Waals surface area contributed by atoms with Crippen LogP contribution in [0.15, 0.2) is 6.07 Å². The van der Waals surface area contributed by atoms with Crippen LogP contribution in [0.2, 0.25) is 0 Å². The minimum Gasteiger partial charge on any atom is -0.480 e. The van der Waals surface area contributed by atoms with E-state index < -0.39 is 17.9 Å². The molecule has 0 saturated heterocycles. The largest absolute Gasteiger partial charge is 0.480 e. The van der Waals surface area contributed by atoms with Gasteiger partial charge in [0.2, 0.25) is 5.91 Å². The summed E-state index contributed by atoms with van der Waals surface area (Å²) in [5, 5.41) is 14.1. The van der Waals surface area contributed by atoms with Gasteiger partial charge in [-0.05, 0) is 37.3 Å². The van der Waals surface area contributed by atoms with E-state index in [4.69, 9.17) is 5.11 Å². The summed E-state index contributed by atoms with van der Waals surface area (Å²) in [4.78, 5) is 36.8. The van der Waals surface area contributed by atoms with Gasteiger partial charge >= 0.3 is 5.97 Å². The van der Waals surface area contributed by atoms with Crippen LogP contribution >= 0.6 is 11.3 Å². The van der Waals surface area contributed by atoms with E-state index in [9.17, 15) is 14.4 Å². The molecule has 0 radical (unpaired) electrons. The smallest absolute Gasteiger partial charge is 0.326 e. The molecule has 7 heteroatoms. The number of hydrogen-bond acceptors (Lipinski definition) is 4. The topological polar surface area (TPSA) is 95.5 Å². The number of hydrogen-bond donors (Lipinski definition) is 3. The maximum absolute atomic E-state index is 12.1. The highest BCUT2D eigenvalue weighted by molar-refractivity contribution is 7.14. The summed E-state index contributed by atoms with van der Waals surface area (Å²) >= 11 is 1.40. The second kappa shape index (κ2) is 9.42. The van der Waals surface area contributed by atoms with Gasteiger partial charge < -0.3 is 15.7 Å². The van der Waals surface area contributed by atoms with Gasteiger partial charge in [-0.3, -0.25) is 9.59 Å². The molecule has 24 heavy (non-hydrogen) atoms. The van der Waals surface area contributed by atoms with Gasteiger partial charge in [0.25, 0.3) is 5.91 Å². The first-order chi connectivity index (χ1) is 11.2. The summed E-state index contributed by atoms with van der Waals surface area (Å²) in [5.41, 5.74) is 1.15. The maximum Gasteiger partial charge on any atom is 0.326 e. The zero-order valence-electron chi connectivity index (χ0n) is 14.6. The Hall–Kier alpha value is -1.89. The van der Waals surface area contributed by atoms with Crippen molar-refractivity contribution < 1.29 is 19.5 Å². The van der Waals surface area contributed by atoms with Crippen molar-refractivity contribution in [2.24, 2.45) is 5.92 Å². The number of carbonyl (C=O) groups is 3. The maximum atomic E-state index is 12.1. The van der Waals surface area contributed by atoms with Gasteiger partial charge in [-0.25, -0.2) is 4.79 Å². The molecule has 6 nitrogen and oxygen atoms in total. The van der Waals surface area contributed by atoms with Crippen molar-refractivity contribution in [3.63, 3.8) is 0 Å². The van der Waals surface area contributed by atoms with Gasteiger partial charge in [0.1, 0.15) is 6.04 Å². The molecule has 1 atom stereocenters. The standard InChI is InChI=1S/C17H26N2O4S/c1-5-6-12-8-14(24-11(12)4)16(21)18-9-15(20)19-13(17(22)23)7-10(2)3/h8,10,13H,5-7,9H2,1-4H3,(H,18,21)(H,19,20)(H,22,23)/t13-/m0/s1. The lowest BCUT2D eigenvalue weighted by Gasteiger charge is -2.16. The van der Waals surface area contributed by atoms with Crippen molar-refractivity contribution in [2.75, 3.05) is 6.54 Å². The summed E-state index contributed by atoms with van der Waals surface area (Å²) in [6.45, 7) is 7.59. The molecular weight excluding hydrogens is 328 g/mol. The fourth-order valence-corrected chi connectivity index (χ4v) is 3.32. The Morgan fingerprint density at radius 1 is 1.29 bits per heavy atom. The number of aryl methyl sites for hydroxylation is 2. The zero-order valence-corrected chi connectivity index (χ0v) is 15.5. The van der Waals surface area contributed by atoms with Crippen LogP contribution in [0.1, 0.15) is 53.7 Å². The molecule has 0 aliphatic carbocycles. The minimum atomic E-state index is -1.07. The van der Waals surface area contributed by atoms with Crippen molar-refractivity contribution in [2.45, 2.75) is 53.0 Å². The summed E-state index contributed by atoms with van der Waals surface area (Å²) < 4.78 is 0. The van der Waals surface area contributed by atoms with Crippen LogP contribution in [0, 0.1) is 12.8 Å². The van der Waals surface area contributed by atoms with Crippen LogP contribution in [0.4, 0.5) is 0 Å². The lowest BCUT2D eigenvalue weighted by molar-refractivity contribution is -0.142. The molecule has 1 rings (SSSR count). The lowest BCUT2D eigenvalue weighted by Crippen LogP contribution is -2.46. The highest BCUT2D eigenvalue weighted by Gasteiger charge is 2.21. The van der Waals surface area contributed by atoms with E-state index in [1.165, 1.54) is 11.3 Å². The number of aliphatic carboxylic acids is 1. The number of carboxylic acid groups (broad SMARTS) is 1. The van der Waals surface area contributed by atoms with Crippen LogP contribution in [0.3, 0.4) is 0 Å². The molecule has 0 fully saturated rings. The highest BCUT2D eigenvalue weighted by atomic mass is 32.1. The number of carbonyl (C=O) groups excluding carboxylic acids is 2. The molecule has 0 aliphatic heterocycles. The fourth-order valence-electron chi connectivity index (χ4n) is 2.34. The number of amides is 2. The third-order valence-corrected chi connectivity index (χ3v) is 4.61. The molecule has 3 N–H and O–H groups in total. The molecule has 0 saturated carbocycles. The number of nitrogens with one attached hydrogen (secondary N) is 2. The first-order valence-corrected chi connectivity index (χ1v) is 8.95. The lowest BCUT2D eigenvalue weighted by atomic mass is 10.0. The molecule has 0 bridgehead atoms. The second-order valence-electron chi connectivity index (χ2n) is 6.21. The first-order valence-electron chi connectivity index (χ1n) is 8.14. The van der Waals surface area contributed by atoms with E-state index in [1.807, 2.05) is 26.8 Å². The van der Waals surface area contributed by atoms with Crippen molar-refractivity contribution in [3.05, 3.63) is 21.4 Å². The summed E-state index contributed by atoms with van der Waals surface area (Å²) in [6, 6.07) is 0.921. The molecule has 2 amide bonds. The van der Waals surface area contributed by atoms with E-state index in [2.05, 4.69) is 17.6 Å². The van der Waals surface area contributed by atoms with Crippen LogP contribution in [-0.4, -0.2) is 35.5 Å². The number of thiophene rings is 1. The molecule has 1 aromatic rings. The van der Waals surface area contributed by atoms with Gasteiger partial charge in [0.15, 0.2) is 0 Å². The van der Waals surface area contributed by atoms with Crippen LogP contribution in [0.25, 0.3) is 0 Å². The Morgan fingerprint density at radius 2 is 1.96 bits per heavy atom. The molecule has 0 unspecified atom stereocenters. The van der Waals surface area contributed by atoms with Crippen molar-refractivity contribution >= 4 is 29.1 Å². The van der Waals surface area contributed by atoms with E-state index in [0.717, 1.165) is 23.3 Å². The third kappa shape index (κ3) is 6.31. The van der Waals surface area contributed by atoms with Gasteiger partial charge in [-0.15, -0.1) is 11.3 Å². The fraction of sp³-hybridized carbons (Fsp3) is 0.588. The predicted octanol–water partition coefficient (Wildman–Crippen LogP) is 2.35. The average molecular weight is 354 g/mol. The Labute approximate surface area is 146 Å². The summed E-state index contributed by atoms with van der Waals surface area (Å²) in [5.74, 6) is -1.73. The van der Waals surface area contributed by atoms with E-state index in [1.54, 1.807) is 0 Å². The Bertz CT molecular complexity index is 595. The van der Waals surface area contributed by atoms with Gasteiger partial charge in [0, 0.05) is 4.88 Å². The molecule has 1 heterocycles.